The summed E-state index contributed by atoms with van der Waals surface area (Å²) in [6.07, 6.45) is -9.94. The fraction of sp³-hybridized carbons (Fsp3) is 0.415. The largest absolute Gasteiger partial charge is 0.435 e. The molecule has 2 aromatic carbocycles. The van der Waals surface area contributed by atoms with Gasteiger partial charge in [0.15, 0.2) is 31.2 Å². The lowest BCUT2D eigenvalue weighted by Crippen LogP contribution is -2.28. The number of carbonyl (C=O) groups excluding carboxylic acids is 1. The molecule has 1 saturated carbocycles. The summed E-state index contributed by atoms with van der Waals surface area (Å²) in [6, 6.07) is 7.29. The average Bonchev–Trinajstić information content (AvgIpc) is 3.66. The molecule has 0 unspecified atom stereocenters. The number of alkyl halides is 8. The van der Waals surface area contributed by atoms with Gasteiger partial charge in [-0.15, -0.1) is 0 Å². The Bertz CT molecular complexity index is 3020. The van der Waals surface area contributed by atoms with Crippen LogP contribution in [0.25, 0.3) is 22.0 Å². The van der Waals surface area contributed by atoms with Gasteiger partial charge in [0, 0.05) is 58.9 Å². The number of Topliss-reactive ketones (excluding diaryl/α,β-unsaturated/α-hetero) is 1. The Morgan fingerprint density at radius 1 is 0.938 bits per heavy atom. The molecule has 0 bridgehead atoms. The summed E-state index contributed by atoms with van der Waals surface area (Å²) in [4.78, 5) is 18.7. The molecule has 23 heteroatoms. The normalized spacial score (nSPS) is 17.8. The van der Waals surface area contributed by atoms with E-state index in [2.05, 4.69) is 27.0 Å². The fourth-order valence-corrected chi connectivity index (χ4v) is 9.17. The Hall–Kier alpha value is -5.01. The molecule has 0 radical (unpaired) electrons. The van der Waals surface area contributed by atoms with E-state index in [0.29, 0.717) is 10.7 Å². The number of halogens is 11. The van der Waals surface area contributed by atoms with Gasteiger partial charge in [0.2, 0.25) is 0 Å². The Kier molecular flexibility index (Phi) is 11.6. The van der Waals surface area contributed by atoms with Gasteiger partial charge in [-0.2, -0.15) is 45.3 Å². The van der Waals surface area contributed by atoms with E-state index in [0.717, 1.165) is 24.6 Å². The minimum absolute atomic E-state index is 0.107. The van der Waals surface area contributed by atoms with Crippen LogP contribution in [0.2, 0.25) is 5.02 Å². The highest BCUT2D eigenvalue weighted by Gasteiger charge is 2.68. The maximum absolute atomic E-state index is 15.5. The minimum Gasteiger partial charge on any atom is -0.298 e. The van der Waals surface area contributed by atoms with Crippen molar-refractivity contribution >= 4 is 48.0 Å². The van der Waals surface area contributed by atoms with Crippen LogP contribution in [0.3, 0.4) is 0 Å². The molecule has 0 N–H and O–H groups in total. The number of fused-ring (bicyclic) bond motifs is 4. The predicted molar refractivity (Wildman–Crippen MR) is 213 cm³/mol. The molecule has 0 saturated heterocycles. The van der Waals surface area contributed by atoms with E-state index in [1.165, 1.54) is 38.1 Å². The second-order valence-electron chi connectivity index (χ2n) is 16.5. The number of sulfone groups is 2. The van der Waals surface area contributed by atoms with Crippen LogP contribution < -0.4 is 0 Å². The number of hydrogen-bond acceptors (Lipinski definition) is 8. The summed E-state index contributed by atoms with van der Waals surface area (Å²) in [5, 5.41) is 6.95. The molecule has 0 amide bonds. The van der Waals surface area contributed by atoms with E-state index in [4.69, 9.17) is 11.6 Å². The zero-order valence-corrected chi connectivity index (χ0v) is 36.2. The van der Waals surface area contributed by atoms with Gasteiger partial charge in [-0.05, 0) is 74.4 Å². The lowest BCUT2D eigenvalue weighted by Gasteiger charge is -2.22. The molecule has 0 spiro atoms. The van der Waals surface area contributed by atoms with Crippen LogP contribution in [0.15, 0.2) is 42.5 Å². The average molecular weight is 966 g/mol. The van der Waals surface area contributed by atoms with E-state index in [9.17, 15) is 56.8 Å². The Morgan fingerprint density at radius 3 is 2.17 bits per heavy atom. The number of ketones is 1. The molecule has 342 valence electrons. The fourth-order valence-electron chi connectivity index (χ4n) is 7.97. The van der Waals surface area contributed by atoms with Crippen molar-refractivity contribution in [1.82, 2.24) is 24.5 Å². The zero-order valence-electron chi connectivity index (χ0n) is 33.8. The number of hydrogen-bond donors (Lipinski definition) is 0. The maximum Gasteiger partial charge on any atom is 0.435 e. The number of carbonyl (C=O) groups is 1. The lowest BCUT2D eigenvalue weighted by molar-refractivity contribution is -0.143. The van der Waals surface area contributed by atoms with Crippen LogP contribution >= 0.6 is 11.6 Å². The van der Waals surface area contributed by atoms with Crippen LogP contribution in [-0.4, -0.2) is 70.6 Å². The van der Waals surface area contributed by atoms with Gasteiger partial charge < -0.3 is 0 Å². The monoisotopic (exact) mass is 965 g/mol. The van der Waals surface area contributed by atoms with Crippen molar-refractivity contribution in [3.63, 3.8) is 0 Å². The molecule has 3 aromatic heterocycles. The third kappa shape index (κ3) is 9.38. The number of benzene rings is 2. The van der Waals surface area contributed by atoms with Crippen molar-refractivity contribution in [3.05, 3.63) is 98.7 Å². The Morgan fingerprint density at radius 2 is 1.58 bits per heavy atom. The first kappa shape index (κ1) is 47.0. The molecule has 2 aliphatic rings. The summed E-state index contributed by atoms with van der Waals surface area (Å²) in [5.41, 5.74) is -4.90. The van der Waals surface area contributed by atoms with Crippen LogP contribution in [0.5, 0.6) is 0 Å². The van der Waals surface area contributed by atoms with Crippen LogP contribution in [0.4, 0.5) is 43.9 Å². The molecule has 10 nitrogen and oxygen atoms in total. The topological polar surface area (TPSA) is 134 Å². The first-order valence-electron chi connectivity index (χ1n) is 19.0. The molecular weight excluding hydrogens is 932 g/mol. The number of rotatable bonds is 12. The molecular formula is C41H34ClF10N5O5S2. The van der Waals surface area contributed by atoms with Crippen LogP contribution in [-0.2, 0) is 61.8 Å². The maximum atomic E-state index is 15.5. The third-order valence-corrected chi connectivity index (χ3v) is 14.1. The highest BCUT2D eigenvalue weighted by molar-refractivity contribution is 7.92. The van der Waals surface area contributed by atoms with Crippen molar-refractivity contribution in [2.75, 3.05) is 12.5 Å². The quantitative estimate of drug-likeness (QED) is 0.0896. The minimum atomic E-state index is -5.16. The van der Waals surface area contributed by atoms with Crippen molar-refractivity contribution in [2.24, 2.45) is 5.92 Å². The van der Waals surface area contributed by atoms with Crippen LogP contribution in [0.1, 0.15) is 78.1 Å². The molecule has 5 aromatic rings. The summed E-state index contributed by atoms with van der Waals surface area (Å²) in [5.74, 6) is -6.61. The van der Waals surface area contributed by atoms with Crippen LogP contribution in [0, 0.1) is 29.4 Å². The molecule has 64 heavy (non-hydrogen) atoms. The van der Waals surface area contributed by atoms with Gasteiger partial charge in [0.25, 0.3) is 5.92 Å². The molecule has 1 fully saturated rings. The summed E-state index contributed by atoms with van der Waals surface area (Å²) >= 11 is 6.51. The van der Waals surface area contributed by atoms with Gasteiger partial charge in [-0.25, -0.2) is 30.6 Å². The first-order chi connectivity index (χ1) is 29.3. The van der Waals surface area contributed by atoms with E-state index >= 15 is 8.78 Å². The Balaban J connectivity index is 1.45. The van der Waals surface area contributed by atoms with Crippen molar-refractivity contribution in [1.29, 1.82) is 0 Å². The van der Waals surface area contributed by atoms with E-state index in [1.807, 2.05) is 0 Å². The van der Waals surface area contributed by atoms with Gasteiger partial charge in [-0.3, -0.25) is 14.2 Å². The third-order valence-electron chi connectivity index (χ3n) is 11.1. The van der Waals surface area contributed by atoms with Crippen molar-refractivity contribution < 1.29 is 65.5 Å². The molecule has 3 heterocycles. The smallest absolute Gasteiger partial charge is 0.298 e. The van der Waals surface area contributed by atoms with E-state index in [1.54, 1.807) is 0 Å². The lowest BCUT2D eigenvalue weighted by atomic mass is 9.86. The molecule has 0 aliphatic heterocycles. The summed E-state index contributed by atoms with van der Waals surface area (Å²) in [7, 11) is -7.78. The highest BCUT2D eigenvalue weighted by atomic mass is 35.5. The van der Waals surface area contributed by atoms with E-state index in [-0.39, 0.29) is 60.8 Å². The van der Waals surface area contributed by atoms with Gasteiger partial charge in [-0.1, -0.05) is 23.6 Å². The second kappa shape index (κ2) is 15.9. The number of aromatic nitrogens is 5. The molecule has 2 aliphatic carbocycles. The standard InChI is InChI=1S/C41H34ClF10N5O5S2/c1-38(2,64(4,61)62)10-9-24-5-6-26(27-7-8-30(42)33-31(18-63(3,59)60)54-57(35(27)33)19-39(45,46)47)34(53-24)21(11-20-12-22(43)15-23(44)13-20)14-25(58)17-56-37-32(36(55-56)41(50,51)52)28-16-29(28)40(37,48)49/h5-8,12-13,15,21,28-29H,11,14,16-19H2,1-4H3/t21-,28+,29-/m1/s1. The van der Waals surface area contributed by atoms with Crippen molar-refractivity contribution in [2.45, 2.75) is 86.8 Å². The van der Waals surface area contributed by atoms with Gasteiger partial charge >= 0.3 is 12.4 Å². The summed E-state index contributed by atoms with van der Waals surface area (Å²) in [6.45, 7) is -0.335. The van der Waals surface area contributed by atoms with Gasteiger partial charge in [0.05, 0.1) is 27.7 Å². The van der Waals surface area contributed by atoms with E-state index < -0.39 is 127 Å². The Labute approximate surface area is 363 Å². The highest BCUT2D eigenvalue weighted by Crippen LogP contribution is 2.68. The number of nitrogens with zero attached hydrogens (tertiary/aromatic N) is 5. The predicted octanol–water partition coefficient (Wildman–Crippen LogP) is 8.72. The SMILES string of the molecule is CC(C)(C#Cc1ccc(-c2ccc(Cl)c3c(CS(C)(=O)=O)nn(CC(F)(F)F)c23)c([C@@H](CC(=O)Cn2nc(C(F)(F)F)c3c2C(F)(F)[C@@H]2C[C@H]32)Cc2cc(F)cc(F)c2)n1)S(C)(=O)=O. The first-order valence-corrected chi connectivity index (χ1v) is 23.4. The number of pyridine rings is 1. The summed E-state index contributed by atoms with van der Waals surface area (Å²) < 4.78 is 194. The zero-order chi connectivity index (χ0) is 47.3. The molecule has 7 rings (SSSR count). The van der Waals surface area contributed by atoms with Crippen molar-refractivity contribution in [3.8, 4) is 23.0 Å². The van der Waals surface area contributed by atoms with Gasteiger partial charge in [0.1, 0.15) is 40.9 Å². The molecule has 3 atom stereocenters. The second-order valence-corrected chi connectivity index (χ2v) is 21.6.